The highest BCUT2D eigenvalue weighted by molar-refractivity contribution is 5.69. The van der Waals surface area contributed by atoms with E-state index < -0.39 is 11.6 Å². The number of carboxylic acid groups (broad SMARTS) is 1. The molecule has 1 saturated heterocycles. The SMILES string of the molecule is CC(C)(C)OC(=O)N1C[C@H]2CCC[C@@H](CC(=O)O)[C@H]2C1. The summed E-state index contributed by atoms with van der Waals surface area (Å²) in [6, 6.07) is 0. The molecule has 0 radical (unpaired) electrons. The molecular formula is C15H25NO4. The third kappa shape index (κ3) is 3.64. The van der Waals surface area contributed by atoms with Crippen molar-refractivity contribution in [1.29, 1.82) is 0 Å². The Morgan fingerprint density at radius 1 is 1.25 bits per heavy atom. The molecule has 5 heteroatoms. The van der Waals surface area contributed by atoms with Gasteiger partial charge in [0.25, 0.3) is 0 Å². The predicted molar refractivity (Wildman–Crippen MR) is 74.4 cm³/mol. The number of rotatable bonds is 2. The van der Waals surface area contributed by atoms with E-state index in [2.05, 4.69) is 0 Å². The number of aliphatic carboxylic acids is 1. The molecule has 0 spiro atoms. The number of likely N-dealkylation sites (tertiary alicyclic amines) is 1. The highest BCUT2D eigenvalue weighted by Gasteiger charge is 2.43. The minimum absolute atomic E-state index is 0.207. The largest absolute Gasteiger partial charge is 0.481 e. The Bertz CT molecular complexity index is 388. The number of nitrogens with zero attached hydrogens (tertiary/aromatic N) is 1. The lowest BCUT2D eigenvalue weighted by atomic mass is 9.72. The maximum atomic E-state index is 12.1. The first-order valence-electron chi connectivity index (χ1n) is 7.46. The summed E-state index contributed by atoms with van der Waals surface area (Å²) in [4.78, 5) is 24.8. The third-order valence-electron chi connectivity index (χ3n) is 4.34. The van der Waals surface area contributed by atoms with Crippen molar-refractivity contribution in [2.75, 3.05) is 13.1 Å². The van der Waals surface area contributed by atoms with E-state index in [1.165, 1.54) is 0 Å². The molecule has 1 saturated carbocycles. The van der Waals surface area contributed by atoms with Crippen molar-refractivity contribution in [3.8, 4) is 0 Å². The van der Waals surface area contributed by atoms with Crippen LogP contribution in [0.1, 0.15) is 46.5 Å². The Hall–Kier alpha value is -1.26. The van der Waals surface area contributed by atoms with Crippen LogP contribution in [-0.2, 0) is 9.53 Å². The molecule has 1 aliphatic carbocycles. The molecule has 1 amide bonds. The highest BCUT2D eigenvalue weighted by atomic mass is 16.6. The van der Waals surface area contributed by atoms with Crippen LogP contribution in [0.15, 0.2) is 0 Å². The first kappa shape index (κ1) is 15.1. The second-order valence-electron chi connectivity index (χ2n) is 7.10. The molecular weight excluding hydrogens is 258 g/mol. The van der Waals surface area contributed by atoms with Gasteiger partial charge < -0.3 is 14.7 Å². The zero-order valence-corrected chi connectivity index (χ0v) is 12.6. The van der Waals surface area contributed by atoms with Gasteiger partial charge in [0.05, 0.1) is 0 Å². The third-order valence-corrected chi connectivity index (χ3v) is 4.34. The number of ether oxygens (including phenoxy) is 1. The van der Waals surface area contributed by atoms with Crippen molar-refractivity contribution in [1.82, 2.24) is 4.90 Å². The van der Waals surface area contributed by atoms with E-state index >= 15 is 0 Å². The van der Waals surface area contributed by atoms with Crippen molar-refractivity contribution in [2.24, 2.45) is 17.8 Å². The molecule has 0 aromatic heterocycles. The smallest absolute Gasteiger partial charge is 0.410 e. The van der Waals surface area contributed by atoms with Crippen molar-refractivity contribution in [2.45, 2.75) is 52.1 Å². The molecule has 0 bridgehead atoms. The predicted octanol–water partition coefficient (Wildman–Crippen LogP) is 2.74. The zero-order chi connectivity index (χ0) is 14.9. The Balaban J connectivity index is 1.98. The maximum absolute atomic E-state index is 12.1. The van der Waals surface area contributed by atoms with E-state index in [1.807, 2.05) is 20.8 Å². The number of hydrogen-bond donors (Lipinski definition) is 1. The molecule has 0 unspecified atom stereocenters. The van der Waals surface area contributed by atoms with Crippen molar-refractivity contribution < 1.29 is 19.4 Å². The summed E-state index contributed by atoms with van der Waals surface area (Å²) in [5, 5.41) is 9.01. The second kappa shape index (κ2) is 5.62. The summed E-state index contributed by atoms with van der Waals surface area (Å²) < 4.78 is 5.41. The van der Waals surface area contributed by atoms with Crippen LogP contribution in [0.5, 0.6) is 0 Å². The lowest BCUT2D eigenvalue weighted by Crippen LogP contribution is -2.35. The molecule has 20 heavy (non-hydrogen) atoms. The molecule has 0 aromatic rings. The van der Waals surface area contributed by atoms with E-state index in [0.717, 1.165) is 25.8 Å². The first-order chi connectivity index (χ1) is 9.26. The molecule has 3 atom stereocenters. The summed E-state index contributed by atoms with van der Waals surface area (Å²) in [7, 11) is 0. The molecule has 1 N–H and O–H groups in total. The molecule has 2 fully saturated rings. The van der Waals surface area contributed by atoms with Crippen LogP contribution in [-0.4, -0.2) is 40.8 Å². The molecule has 1 heterocycles. The first-order valence-corrected chi connectivity index (χ1v) is 7.46. The number of hydrogen-bond acceptors (Lipinski definition) is 3. The average molecular weight is 283 g/mol. The van der Waals surface area contributed by atoms with Crippen LogP contribution >= 0.6 is 0 Å². The van der Waals surface area contributed by atoms with Crippen molar-refractivity contribution >= 4 is 12.1 Å². The van der Waals surface area contributed by atoms with E-state index in [0.29, 0.717) is 18.4 Å². The van der Waals surface area contributed by atoms with Crippen LogP contribution in [0.2, 0.25) is 0 Å². The van der Waals surface area contributed by atoms with Gasteiger partial charge in [-0.15, -0.1) is 0 Å². The van der Waals surface area contributed by atoms with Gasteiger partial charge in [0.2, 0.25) is 0 Å². The van der Waals surface area contributed by atoms with Gasteiger partial charge in [0.1, 0.15) is 5.60 Å². The number of amides is 1. The zero-order valence-electron chi connectivity index (χ0n) is 12.6. The minimum atomic E-state index is -0.730. The van der Waals surface area contributed by atoms with Crippen LogP contribution in [0.4, 0.5) is 4.79 Å². The van der Waals surface area contributed by atoms with Gasteiger partial charge in [-0.25, -0.2) is 4.79 Å². The van der Waals surface area contributed by atoms with Crippen LogP contribution in [0.25, 0.3) is 0 Å². The van der Waals surface area contributed by atoms with Gasteiger partial charge in [-0.1, -0.05) is 6.42 Å². The lowest BCUT2D eigenvalue weighted by Gasteiger charge is -2.31. The molecule has 1 aliphatic heterocycles. The van der Waals surface area contributed by atoms with E-state index in [4.69, 9.17) is 9.84 Å². The molecule has 5 nitrogen and oxygen atoms in total. The minimum Gasteiger partial charge on any atom is -0.481 e. The highest BCUT2D eigenvalue weighted by Crippen LogP contribution is 2.41. The summed E-state index contributed by atoms with van der Waals surface area (Å²) in [6.45, 7) is 6.96. The van der Waals surface area contributed by atoms with Crippen LogP contribution in [0, 0.1) is 17.8 Å². The molecule has 114 valence electrons. The number of carbonyl (C=O) groups excluding carboxylic acids is 1. The fraction of sp³-hybridized carbons (Fsp3) is 0.867. The summed E-state index contributed by atoms with van der Waals surface area (Å²) in [5.41, 5.74) is -0.481. The standard InChI is InChI=1S/C15H25NO4/c1-15(2,3)20-14(19)16-8-11-6-4-5-10(7-13(17)18)12(11)9-16/h10-12H,4-9H2,1-3H3,(H,17,18)/t10-,11+,12+/m0/s1. The topological polar surface area (TPSA) is 66.8 Å². The summed E-state index contributed by atoms with van der Waals surface area (Å²) in [5.74, 6) is 0.248. The monoisotopic (exact) mass is 283 g/mol. The number of fused-ring (bicyclic) bond motifs is 1. The van der Waals surface area contributed by atoms with E-state index in [1.54, 1.807) is 4.90 Å². The Morgan fingerprint density at radius 3 is 2.55 bits per heavy atom. The van der Waals surface area contributed by atoms with Gasteiger partial charge in [-0.2, -0.15) is 0 Å². The van der Waals surface area contributed by atoms with Gasteiger partial charge >= 0.3 is 12.1 Å². The normalized spacial score (nSPS) is 29.9. The average Bonchev–Trinajstić information content (AvgIpc) is 2.70. The van der Waals surface area contributed by atoms with Gasteiger partial charge in [0, 0.05) is 19.5 Å². The fourth-order valence-electron chi connectivity index (χ4n) is 3.55. The lowest BCUT2D eigenvalue weighted by molar-refractivity contribution is -0.138. The Morgan fingerprint density at radius 2 is 1.95 bits per heavy atom. The van der Waals surface area contributed by atoms with Crippen LogP contribution in [0.3, 0.4) is 0 Å². The van der Waals surface area contributed by atoms with Crippen LogP contribution < -0.4 is 0 Å². The summed E-state index contributed by atoms with van der Waals surface area (Å²) in [6.07, 6.45) is 3.10. The summed E-state index contributed by atoms with van der Waals surface area (Å²) >= 11 is 0. The van der Waals surface area contributed by atoms with E-state index in [9.17, 15) is 9.59 Å². The molecule has 0 aromatic carbocycles. The quantitative estimate of drug-likeness (QED) is 0.846. The Kier molecular flexibility index (Phi) is 4.25. The van der Waals surface area contributed by atoms with E-state index in [-0.39, 0.29) is 18.4 Å². The Labute approximate surface area is 120 Å². The molecule has 2 aliphatic rings. The second-order valence-corrected chi connectivity index (χ2v) is 7.10. The molecule has 2 rings (SSSR count). The fourth-order valence-corrected chi connectivity index (χ4v) is 3.55. The van der Waals surface area contributed by atoms with Gasteiger partial charge in [-0.05, 0) is 51.4 Å². The number of carbonyl (C=O) groups is 2. The van der Waals surface area contributed by atoms with Gasteiger partial charge in [0.15, 0.2) is 0 Å². The maximum Gasteiger partial charge on any atom is 0.410 e. The van der Waals surface area contributed by atoms with Crippen molar-refractivity contribution in [3.05, 3.63) is 0 Å². The van der Waals surface area contributed by atoms with Crippen molar-refractivity contribution in [3.63, 3.8) is 0 Å². The number of carboxylic acids is 1. The van der Waals surface area contributed by atoms with Gasteiger partial charge in [-0.3, -0.25) is 4.79 Å².